The van der Waals surface area contributed by atoms with Crippen LogP contribution in [0, 0.1) is 6.92 Å². The summed E-state index contributed by atoms with van der Waals surface area (Å²) in [6.45, 7) is 4.80. The molecule has 0 aliphatic rings. The Kier molecular flexibility index (Phi) is 3.41. The normalized spacial score (nSPS) is 10.6. The molecule has 1 aromatic heterocycles. The minimum atomic E-state index is -0.935. The van der Waals surface area contributed by atoms with Gasteiger partial charge in [-0.15, -0.1) is 10.2 Å². The topological polar surface area (TPSA) is 68.0 Å². The van der Waals surface area contributed by atoms with E-state index < -0.39 is 5.97 Å². The number of hydrogen-bond donors (Lipinski definition) is 1. The molecule has 0 spiro atoms. The Hall–Kier alpha value is -2.17. The first kappa shape index (κ1) is 12.3. The Labute approximate surface area is 105 Å². The van der Waals surface area contributed by atoms with Crippen molar-refractivity contribution in [3.05, 3.63) is 35.7 Å². The first-order valence-corrected chi connectivity index (χ1v) is 5.87. The Morgan fingerprint density at radius 2 is 2.17 bits per heavy atom. The van der Waals surface area contributed by atoms with E-state index >= 15 is 0 Å². The van der Waals surface area contributed by atoms with E-state index in [0.29, 0.717) is 0 Å². The van der Waals surface area contributed by atoms with E-state index in [4.69, 9.17) is 5.11 Å². The lowest BCUT2D eigenvalue weighted by Crippen LogP contribution is -2.03. The molecule has 94 valence electrons. The summed E-state index contributed by atoms with van der Waals surface area (Å²) in [4.78, 5) is 11.0. The second kappa shape index (κ2) is 5.00. The number of carbonyl (C=O) groups is 1. The number of hydrogen-bond acceptors (Lipinski definition) is 3. The van der Waals surface area contributed by atoms with Crippen molar-refractivity contribution >= 4 is 5.97 Å². The molecule has 1 heterocycles. The molecular weight excluding hydrogens is 230 g/mol. The van der Waals surface area contributed by atoms with Crippen molar-refractivity contribution in [2.45, 2.75) is 26.8 Å². The van der Waals surface area contributed by atoms with Gasteiger partial charge in [0, 0.05) is 12.1 Å². The lowest BCUT2D eigenvalue weighted by Gasteiger charge is -2.07. The summed E-state index contributed by atoms with van der Waals surface area (Å²) >= 11 is 0. The molecule has 5 heteroatoms. The van der Waals surface area contributed by atoms with Crippen LogP contribution in [0.15, 0.2) is 24.3 Å². The third kappa shape index (κ3) is 2.25. The van der Waals surface area contributed by atoms with Gasteiger partial charge in [-0.05, 0) is 25.5 Å². The van der Waals surface area contributed by atoms with Gasteiger partial charge in [0.15, 0.2) is 5.82 Å². The summed E-state index contributed by atoms with van der Waals surface area (Å²) in [5, 5.41) is 17.2. The number of benzene rings is 1. The van der Waals surface area contributed by atoms with E-state index in [1.807, 2.05) is 17.6 Å². The third-order valence-electron chi connectivity index (χ3n) is 2.75. The number of aryl methyl sites for hydroxylation is 1. The Bertz CT molecular complexity index is 575. The van der Waals surface area contributed by atoms with Gasteiger partial charge in [-0.2, -0.15) is 0 Å². The Morgan fingerprint density at radius 1 is 1.39 bits per heavy atom. The summed E-state index contributed by atoms with van der Waals surface area (Å²) in [5.41, 5.74) is 1.04. The van der Waals surface area contributed by atoms with Gasteiger partial charge in [0.25, 0.3) is 0 Å². The molecule has 0 saturated heterocycles. The number of carboxylic acids is 1. The van der Waals surface area contributed by atoms with Gasteiger partial charge in [0.1, 0.15) is 5.82 Å². The molecule has 0 bridgehead atoms. The average Bonchev–Trinajstić information content (AvgIpc) is 2.72. The number of rotatable bonds is 4. The van der Waals surface area contributed by atoms with Gasteiger partial charge in [-0.1, -0.05) is 19.1 Å². The first-order chi connectivity index (χ1) is 8.63. The van der Waals surface area contributed by atoms with E-state index in [2.05, 4.69) is 17.1 Å². The van der Waals surface area contributed by atoms with Crippen molar-refractivity contribution in [1.29, 1.82) is 0 Å². The smallest absolute Gasteiger partial charge is 0.335 e. The number of nitrogens with zero attached hydrogens (tertiary/aromatic N) is 3. The summed E-state index contributed by atoms with van der Waals surface area (Å²) in [6.07, 6.45) is 0.977. The molecule has 0 amide bonds. The molecule has 0 radical (unpaired) electrons. The fourth-order valence-corrected chi connectivity index (χ4v) is 1.88. The van der Waals surface area contributed by atoms with E-state index in [1.54, 1.807) is 18.2 Å². The molecular formula is C13H15N3O2. The predicted octanol–water partition coefficient (Wildman–Crippen LogP) is 2.36. The molecule has 0 saturated carbocycles. The molecule has 2 aromatic rings. The highest BCUT2D eigenvalue weighted by molar-refractivity contribution is 5.89. The molecule has 1 N–H and O–H groups in total. The monoisotopic (exact) mass is 245 g/mol. The summed E-state index contributed by atoms with van der Waals surface area (Å²) < 4.78 is 2.00. The van der Waals surface area contributed by atoms with Crippen LogP contribution in [0.25, 0.3) is 11.4 Å². The zero-order valence-corrected chi connectivity index (χ0v) is 10.4. The van der Waals surface area contributed by atoms with Crippen LogP contribution in [0.2, 0.25) is 0 Å². The quantitative estimate of drug-likeness (QED) is 0.897. The maximum absolute atomic E-state index is 11.0. The Balaban J connectivity index is 2.48. The predicted molar refractivity (Wildman–Crippen MR) is 67.4 cm³/mol. The maximum atomic E-state index is 11.0. The highest BCUT2D eigenvalue weighted by Gasteiger charge is 2.12. The van der Waals surface area contributed by atoms with Crippen molar-refractivity contribution in [3.8, 4) is 11.4 Å². The van der Waals surface area contributed by atoms with E-state index in [9.17, 15) is 4.79 Å². The average molecular weight is 245 g/mol. The molecule has 0 aliphatic carbocycles. The first-order valence-electron chi connectivity index (χ1n) is 5.87. The van der Waals surface area contributed by atoms with Crippen molar-refractivity contribution in [2.75, 3.05) is 0 Å². The third-order valence-corrected chi connectivity index (χ3v) is 2.75. The summed E-state index contributed by atoms with van der Waals surface area (Å²) in [7, 11) is 0. The van der Waals surface area contributed by atoms with E-state index in [0.717, 1.165) is 30.2 Å². The molecule has 0 atom stereocenters. The summed E-state index contributed by atoms with van der Waals surface area (Å²) in [6, 6.07) is 6.76. The van der Waals surface area contributed by atoms with Crippen molar-refractivity contribution in [2.24, 2.45) is 0 Å². The fraction of sp³-hybridized carbons (Fsp3) is 0.308. The second-order valence-electron chi connectivity index (χ2n) is 4.11. The summed E-state index contributed by atoms with van der Waals surface area (Å²) in [5.74, 6) is 0.625. The molecule has 0 aliphatic heterocycles. The highest BCUT2D eigenvalue weighted by Crippen LogP contribution is 2.20. The van der Waals surface area contributed by atoms with Gasteiger partial charge in [-0.25, -0.2) is 4.79 Å². The fourth-order valence-electron chi connectivity index (χ4n) is 1.88. The van der Waals surface area contributed by atoms with Gasteiger partial charge in [0.2, 0.25) is 0 Å². The maximum Gasteiger partial charge on any atom is 0.335 e. The number of aromatic carboxylic acids is 1. The number of carboxylic acid groups (broad SMARTS) is 1. The van der Waals surface area contributed by atoms with Crippen LogP contribution < -0.4 is 0 Å². The van der Waals surface area contributed by atoms with Crippen LogP contribution in [0.5, 0.6) is 0 Å². The molecule has 0 unspecified atom stereocenters. The largest absolute Gasteiger partial charge is 0.478 e. The van der Waals surface area contributed by atoms with Crippen LogP contribution in [-0.2, 0) is 6.54 Å². The minimum Gasteiger partial charge on any atom is -0.478 e. The second-order valence-corrected chi connectivity index (χ2v) is 4.11. The van der Waals surface area contributed by atoms with Crippen molar-refractivity contribution < 1.29 is 9.90 Å². The molecule has 0 fully saturated rings. The standard InChI is InChI=1S/C13H15N3O2/c1-3-7-16-9(2)14-15-12(16)10-5-4-6-11(8-10)13(17)18/h4-6,8H,3,7H2,1-2H3,(H,17,18). The number of aromatic nitrogens is 3. The van der Waals surface area contributed by atoms with Crippen LogP contribution in [0.4, 0.5) is 0 Å². The van der Waals surface area contributed by atoms with Crippen LogP contribution >= 0.6 is 0 Å². The van der Waals surface area contributed by atoms with Crippen LogP contribution in [0.1, 0.15) is 29.5 Å². The lowest BCUT2D eigenvalue weighted by atomic mass is 10.1. The zero-order chi connectivity index (χ0) is 13.1. The molecule has 18 heavy (non-hydrogen) atoms. The highest BCUT2D eigenvalue weighted by atomic mass is 16.4. The molecule has 1 aromatic carbocycles. The molecule has 5 nitrogen and oxygen atoms in total. The van der Waals surface area contributed by atoms with E-state index in [1.165, 1.54) is 0 Å². The van der Waals surface area contributed by atoms with E-state index in [-0.39, 0.29) is 5.56 Å². The van der Waals surface area contributed by atoms with Crippen LogP contribution in [-0.4, -0.2) is 25.8 Å². The van der Waals surface area contributed by atoms with Gasteiger partial charge in [-0.3, -0.25) is 0 Å². The molecule has 2 rings (SSSR count). The Morgan fingerprint density at radius 3 is 2.83 bits per heavy atom. The van der Waals surface area contributed by atoms with Gasteiger partial charge in [0.05, 0.1) is 5.56 Å². The SMILES string of the molecule is CCCn1c(C)nnc1-c1cccc(C(=O)O)c1. The van der Waals surface area contributed by atoms with Crippen LogP contribution in [0.3, 0.4) is 0 Å². The lowest BCUT2D eigenvalue weighted by molar-refractivity contribution is 0.0697. The van der Waals surface area contributed by atoms with Gasteiger partial charge < -0.3 is 9.67 Å². The van der Waals surface area contributed by atoms with Crippen molar-refractivity contribution in [1.82, 2.24) is 14.8 Å². The van der Waals surface area contributed by atoms with Crippen molar-refractivity contribution in [3.63, 3.8) is 0 Å². The minimum absolute atomic E-state index is 0.260. The zero-order valence-electron chi connectivity index (χ0n) is 10.4. The van der Waals surface area contributed by atoms with Gasteiger partial charge >= 0.3 is 5.97 Å².